The number of halogens is 1. The Morgan fingerprint density at radius 3 is 2.43 bits per heavy atom. The number of piperidine rings is 1. The van der Waals surface area contributed by atoms with Crippen LogP contribution in [0.2, 0.25) is 0 Å². The van der Waals surface area contributed by atoms with Gasteiger partial charge in [-0.3, -0.25) is 0 Å². The maximum absolute atomic E-state index is 4.90. The number of nitrogens with zero attached hydrogens (tertiary/aromatic N) is 3. The van der Waals surface area contributed by atoms with Crippen molar-refractivity contribution in [1.29, 1.82) is 0 Å². The van der Waals surface area contributed by atoms with Gasteiger partial charge in [0.05, 0.1) is 9.26 Å². The molecule has 2 aliphatic heterocycles. The standard InChI is InChI=1S/C16H25IN4/c1-4-13-14(17)16(18-5-2)20-15(19-13)10-8-11-6-7-12(9-10)21(11)3/h10-12H,4-9H2,1-3H3,(H,18,19,20). The van der Waals surface area contributed by atoms with Crippen LogP contribution in [0, 0.1) is 3.57 Å². The van der Waals surface area contributed by atoms with Gasteiger partial charge < -0.3 is 10.2 Å². The van der Waals surface area contributed by atoms with Crippen molar-refractivity contribution in [2.24, 2.45) is 0 Å². The Labute approximate surface area is 141 Å². The third-order valence-electron chi connectivity index (χ3n) is 5.08. The molecule has 2 fully saturated rings. The lowest BCUT2D eigenvalue weighted by molar-refractivity contribution is 0.159. The van der Waals surface area contributed by atoms with Crippen LogP contribution in [-0.4, -0.2) is 40.5 Å². The molecule has 2 atom stereocenters. The average molecular weight is 400 g/mol. The number of nitrogens with one attached hydrogen (secondary N) is 1. The lowest BCUT2D eigenvalue weighted by atomic mass is 9.90. The highest BCUT2D eigenvalue weighted by Crippen LogP contribution is 2.41. The molecule has 0 radical (unpaired) electrons. The lowest BCUT2D eigenvalue weighted by Gasteiger charge is -2.35. The SMILES string of the molecule is CCNc1nc(C2CC3CCC(C2)N3C)nc(CC)c1I. The van der Waals surface area contributed by atoms with Gasteiger partial charge in [0.15, 0.2) is 0 Å². The maximum atomic E-state index is 4.90. The Morgan fingerprint density at radius 2 is 1.86 bits per heavy atom. The monoisotopic (exact) mass is 400 g/mol. The fraction of sp³-hybridized carbons (Fsp3) is 0.750. The highest BCUT2D eigenvalue weighted by Gasteiger charge is 2.40. The summed E-state index contributed by atoms with van der Waals surface area (Å²) in [6.45, 7) is 5.22. The number of fused-ring (bicyclic) bond motifs is 2. The van der Waals surface area contributed by atoms with Crippen LogP contribution in [0.15, 0.2) is 0 Å². The largest absolute Gasteiger partial charge is 0.369 e. The molecule has 1 aromatic rings. The first-order chi connectivity index (χ1) is 10.1. The van der Waals surface area contributed by atoms with E-state index in [-0.39, 0.29) is 0 Å². The molecule has 21 heavy (non-hydrogen) atoms. The summed E-state index contributed by atoms with van der Waals surface area (Å²) in [4.78, 5) is 12.3. The second kappa shape index (κ2) is 6.36. The minimum Gasteiger partial charge on any atom is -0.369 e. The van der Waals surface area contributed by atoms with Crippen LogP contribution < -0.4 is 5.32 Å². The number of aromatic nitrogens is 2. The molecule has 3 heterocycles. The molecule has 2 saturated heterocycles. The molecule has 4 nitrogen and oxygen atoms in total. The van der Waals surface area contributed by atoms with Gasteiger partial charge in [0.2, 0.25) is 0 Å². The van der Waals surface area contributed by atoms with Crippen molar-refractivity contribution in [3.8, 4) is 0 Å². The van der Waals surface area contributed by atoms with Gasteiger partial charge in [0.1, 0.15) is 11.6 Å². The van der Waals surface area contributed by atoms with E-state index in [1.165, 1.54) is 34.9 Å². The van der Waals surface area contributed by atoms with Crippen molar-refractivity contribution < 1.29 is 0 Å². The van der Waals surface area contributed by atoms with Crippen molar-refractivity contribution in [3.63, 3.8) is 0 Å². The molecule has 1 aromatic heterocycles. The zero-order valence-electron chi connectivity index (χ0n) is 13.2. The van der Waals surface area contributed by atoms with Gasteiger partial charge in [0, 0.05) is 24.5 Å². The Morgan fingerprint density at radius 1 is 1.19 bits per heavy atom. The minimum absolute atomic E-state index is 0.540. The lowest BCUT2D eigenvalue weighted by Crippen LogP contribution is -2.39. The molecular formula is C16H25IN4. The molecule has 0 aromatic carbocycles. The average Bonchev–Trinajstić information content (AvgIpc) is 2.71. The van der Waals surface area contributed by atoms with E-state index in [1.807, 2.05) is 0 Å². The van der Waals surface area contributed by atoms with Crippen LogP contribution in [0.4, 0.5) is 5.82 Å². The van der Waals surface area contributed by atoms with Gasteiger partial charge in [0.25, 0.3) is 0 Å². The van der Waals surface area contributed by atoms with Gasteiger partial charge >= 0.3 is 0 Å². The summed E-state index contributed by atoms with van der Waals surface area (Å²) < 4.78 is 1.19. The van der Waals surface area contributed by atoms with E-state index in [0.717, 1.165) is 36.7 Å². The number of anilines is 1. The minimum atomic E-state index is 0.540. The van der Waals surface area contributed by atoms with E-state index in [2.05, 4.69) is 53.7 Å². The van der Waals surface area contributed by atoms with E-state index >= 15 is 0 Å². The summed E-state index contributed by atoms with van der Waals surface area (Å²) in [6.07, 6.45) is 6.13. The van der Waals surface area contributed by atoms with Gasteiger partial charge in [-0.05, 0) is 68.7 Å². The summed E-state index contributed by atoms with van der Waals surface area (Å²) in [5.74, 6) is 2.65. The molecular weight excluding hydrogens is 375 g/mol. The van der Waals surface area contributed by atoms with Gasteiger partial charge in [-0.15, -0.1) is 0 Å². The quantitative estimate of drug-likeness (QED) is 0.787. The Kier molecular flexibility index (Phi) is 4.69. The number of hydrogen-bond donors (Lipinski definition) is 1. The van der Waals surface area contributed by atoms with Crippen molar-refractivity contribution in [2.45, 2.75) is 64.0 Å². The van der Waals surface area contributed by atoms with E-state index in [9.17, 15) is 0 Å². The summed E-state index contributed by atoms with van der Waals surface area (Å²) in [5.41, 5.74) is 1.20. The molecule has 2 bridgehead atoms. The normalized spacial score (nSPS) is 28.9. The van der Waals surface area contributed by atoms with Crippen LogP contribution in [0.3, 0.4) is 0 Å². The molecule has 3 rings (SSSR count). The second-order valence-corrected chi connectivity index (χ2v) is 7.37. The Bertz CT molecular complexity index is 505. The van der Waals surface area contributed by atoms with Gasteiger partial charge in [-0.1, -0.05) is 6.92 Å². The first kappa shape index (κ1) is 15.5. The number of rotatable bonds is 4. The molecule has 0 spiro atoms. The van der Waals surface area contributed by atoms with E-state index in [1.54, 1.807) is 0 Å². The molecule has 2 aliphatic rings. The first-order valence-electron chi connectivity index (χ1n) is 8.16. The van der Waals surface area contributed by atoms with E-state index in [0.29, 0.717) is 5.92 Å². The second-order valence-electron chi connectivity index (χ2n) is 6.29. The first-order valence-corrected chi connectivity index (χ1v) is 9.24. The number of hydrogen-bond acceptors (Lipinski definition) is 4. The molecule has 116 valence electrons. The van der Waals surface area contributed by atoms with Crippen LogP contribution in [0.25, 0.3) is 0 Å². The summed E-state index contributed by atoms with van der Waals surface area (Å²) in [6, 6.07) is 1.48. The van der Waals surface area contributed by atoms with Crippen molar-refractivity contribution in [3.05, 3.63) is 15.1 Å². The van der Waals surface area contributed by atoms with Crippen molar-refractivity contribution in [1.82, 2.24) is 14.9 Å². The topological polar surface area (TPSA) is 41.1 Å². The highest BCUT2D eigenvalue weighted by molar-refractivity contribution is 14.1. The summed E-state index contributed by atoms with van der Waals surface area (Å²) in [7, 11) is 2.29. The Balaban J connectivity index is 1.90. The fourth-order valence-corrected chi connectivity index (χ4v) is 4.65. The summed E-state index contributed by atoms with van der Waals surface area (Å²) in [5, 5.41) is 3.41. The molecule has 0 amide bonds. The third kappa shape index (κ3) is 2.91. The zero-order valence-corrected chi connectivity index (χ0v) is 15.4. The molecule has 0 saturated carbocycles. The van der Waals surface area contributed by atoms with Crippen LogP contribution in [-0.2, 0) is 6.42 Å². The van der Waals surface area contributed by atoms with Crippen LogP contribution in [0.5, 0.6) is 0 Å². The third-order valence-corrected chi connectivity index (χ3v) is 6.21. The van der Waals surface area contributed by atoms with E-state index in [4.69, 9.17) is 9.97 Å². The highest BCUT2D eigenvalue weighted by atomic mass is 127. The predicted molar refractivity (Wildman–Crippen MR) is 94.8 cm³/mol. The molecule has 1 N–H and O–H groups in total. The fourth-order valence-electron chi connectivity index (χ4n) is 3.84. The molecule has 5 heteroatoms. The number of aryl methyl sites for hydroxylation is 1. The summed E-state index contributed by atoms with van der Waals surface area (Å²) >= 11 is 2.38. The van der Waals surface area contributed by atoms with Crippen molar-refractivity contribution in [2.75, 3.05) is 18.9 Å². The van der Waals surface area contributed by atoms with Crippen LogP contribution >= 0.6 is 22.6 Å². The Hall–Kier alpha value is -0.430. The van der Waals surface area contributed by atoms with Crippen LogP contribution in [0.1, 0.15) is 57.0 Å². The van der Waals surface area contributed by atoms with Gasteiger partial charge in [-0.25, -0.2) is 9.97 Å². The van der Waals surface area contributed by atoms with Crippen molar-refractivity contribution >= 4 is 28.4 Å². The maximum Gasteiger partial charge on any atom is 0.143 e. The van der Waals surface area contributed by atoms with Gasteiger partial charge in [-0.2, -0.15) is 0 Å². The zero-order chi connectivity index (χ0) is 15.0. The van der Waals surface area contributed by atoms with E-state index < -0.39 is 0 Å². The molecule has 0 aliphatic carbocycles. The molecule has 2 unspecified atom stereocenters. The smallest absolute Gasteiger partial charge is 0.143 e. The predicted octanol–water partition coefficient (Wildman–Crippen LogP) is 3.42.